The van der Waals surface area contributed by atoms with E-state index < -0.39 is 17.8 Å². The van der Waals surface area contributed by atoms with Gasteiger partial charge in [-0.1, -0.05) is 0 Å². The molecule has 14 heteroatoms. The van der Waals surface area contributed by atoms with Crippen LogP contribution in [0.5, 0.6) is 11.6 Å². The van der Waals surface area contributed by atoms with E-state index >= 15 is 0 Å². The van der Waals surface area contributed by atoms with Crippen LogP contribution in [0, 0.1) is 6.57 Å². The molecule has 0 aliphatic carbocycles. The topological polar surface area (TPSA) is 129 Å². The van der Waals surface area contributed by atoms with Crippen molar-refractivity contribution in [1.29, 1.82) is 0 Å². The van der Waals surface area contributed by atoms with E-state index in [0.717, 1.165) is 16.9 Å². The molecule has 4 rings (SSSR count). The number of methoxy groups -OCH3 is 2. The number of carbonyl (C=O) groups is 1. The second kappa shape index (κ2) is 9.82. The van der Waals surface area contributed by atoms with Gasteiger partial charge in [0, 0.05) is 41.5 Å². The SMILES string of the molecule is [C-]#[N+]c1cc(Nc2ncc(-c3cnc(OC)c(C(=O)O)c3)c(-n3ccc(C(F)(F)F)n3)n2)cc(OC)c1. The highest BCUT2D eigenvalue weighted by Crippen LogP contribution is 2.32. The van der Waals surface area contributed by atoms with Crippen LogP contribution in [0.15, 0.2) is 48.9 Å². The second-order valence-electron chi connectivity index (χ2n) is 7.32. The fourth-order valence-corrected chi connectivity index (χ4v) is 3.29. The molecule has 0 saturated heterocycles. The molecule has 0 radical (unpaired) electrons. The van der Waals surface area contributed by atoms with E-state index in [9.17, 15) is 23.1 Å². The molecule has 1 aromatic carbocycles. The number of carboxylic acid groups (broad SMARTS) is 1. The molecule has 0 spiro atoms. The fraction of sp³-hybridized carbons (Fsp3) is 0.130. The largest absolute Gasteiger partial charge is 0.498 e. The maximum absolute atomic E-state index is 13.2. The molecule has 0 amide bonds. The van der Waals surface area contributed by atoms with Crippen molar-refractivity contribution in [2.75, 3.05) is 19.5 Å². The summed E-state index contributed by atoms with van der Waals surface area (Å²) in [6.45, 7) is 7.24. The van der Waals surface area contributed by atoms with Crippen molar-refractivity contribution in [2.24, 2.45) is 0 Å². The van der Waals surface area contributed by atoms with Crippen LogP contribution in [-0.2, 0) is 6.18 Å². The number of alkyl halides is 3. The minimum absolute atomic E-state index is 0.0353. The van der Waals surface area contributed by atoms with E-state index in [1.165, 1.54) is 44.8 Å². The number of hydrogen-bond acceptors (Lipinski definition) is 8. The Morgan fingerprint density at radius 2 is 1.92 bits per heavy atom. The number of halogens is 3. The van der Waals surface area contributed by atoms with E-state index in [0.29, 0.717) is 11.4 Å². The molecule has 0 unspecified atom stereocenters. The molecule has 3 aromatic heterocycles. The number of anilines is 2. The first kappa shape index (κ1) is 24.9. The lowest BCUT2D eigenvalue weighted by molar-refractivity contribution is -0.141. The maximum atomic E-state index is 13.2. The van der Waals surface area contributed by atoms with E-state index in [-0.39, 0.29) is 40.0 Å². The number of carboxylic acids is 1. The molecular formula is C23H16F3N7O4. The predicted molar refractivity (Wildman–Crippen MR) is 123 cm³/mol. The molecule has 3 heterocycles. The number of nitrogens with one attached hydrogen (secondary N) is 1. The van der Waals surface area contributed by atoms with Gasteiger partial charge in [-0.15, -0.1) is 0 Å². The summed E-state index contributed by atoms with van der Waals surface area (Å²) in [7, 11) is 2.68. The number of ether oxygens (including phenoxy) is 2. The minimum Gasteiger partial charge on any atom is -0.498 e. The number of nitrogens with zero attached hydrogens (tertiary/aromatic N) is 6. The zero-order valence-corrected chi connectivity index (χ0v) is 19.1. The highest BCUT2D eigenvalue weighted by Gasteiger charge is 2.34. The molecule has 0 fully saturated rings. The number of pyridine rings is 1. The van der Waals surface area contributed by atoms with Crippen LogP contribution in [0.4, 0.5) is 30.5 Å². The van der Waals surface area contributed by atoms with Gasteiger partial charge >= 0.3 is 12.1 Å². The van der Waals surface area contributed by atoms with Crippen molar-refractivity contribution < 1.29 is 32.5 Å². The Kier molecular flexibility index (Phi) is 6.61. The Hall–Kier alpha value is -5.19. The molecule has 0 aliphatic rings. The highest BCUT2D eigenvalue weighted by molar-refractivity contribution is 5.92. The summed E-state index contributed by atoms with van der Waals surface area (Å²) in [5.41, 5.74) is -0.424. The predicted octanol–water partition coefficient (Wildman–Crippen LogP) is 4.75. The van der Waals surface area contributed by atoms with E-state index in [1.54, 1.807) is 6.07 Å². The Labute approximate surface area is 207 Å². The Morgan fingerprint density at radius 1 is 1.14 bits per heavy atom. The normalized spacial score (nSPS) is 11.0. The molecule has 2 N–H and O–H groups in total. The lowest BCUT2D eigenvalue weighted by Gasteiger charge is -2.13. The van der Waals surface area contributed by atoms with Gasteiger partial charge in [0.1, 0.15) is 11.3 Å². The molecule has 37 heavy (non-hydrogen) atoms. The summed E-state index contributed by atoms with van der Waals surface area (Å²) in [5.74, 6) is -1.21. The second-order valence-corrected chi connectivity index (χ2v) is 7.32. The van der Waals surface area contributed by atoms with Crippen molar-refractivity contribution in [2.45, 2.75) is 6.18 Å². The van der Waals surface area contributed by atoms with Crippen molar-refractivity contribution in [3.63, 3.8) is 0 Å². The molecule has 0 aliphatic heterocycles. The van der Waals surface area contributed by atoms with Crippen LogP contribution < -0.4 is 14.8 Å². The van der Waals surface area contributed by atoms with Crippen molar-refractivity contribution in [1.82, 2.24) is 24.7 Å². The monoisotopic (exact) mass is 511 g/mol. The lowest BCUT2D eigenvalue weighted by atomic mass is 10.1. The van der Waals surface area contributed by atoms with E-state index in [2.05, 4.69) is 30.2 Å². The maximum Gasteiger partial charge on any atom is 0.435 e. The third-order valence-electron chi connectivity index (χ3n) is 4.96. The smallest absolute Gasteiger partial charge is 0.435 e. The van der Waals surface area contributed by atoms with Crippen LogP contribution in [-0.4, -0.2) is 50.0 Å². The summed E-state index contributed by atoms with van der Waals surface area (Å²) >= 11 is 0. The van der Waals surface area contributed by atoms with E-state index in [4.69, 9.17) is 16.0 Å². The Bertz CT molecular complexity index is 1530. The molecule has 188 valence electrons. The first-order valence-corrected chi connectivity index (χ1v) is 10.2. The Balaban J connectivity index is 1.85. The van der Waals surface area contributed by atoms with Crippen LogP contribution >= 0.6 is 0 Å². The first-order valence-electron chi connectivity index (χ1n) is 10.2. The summed E-state index contributed by atoms with van der Waals surface area (Å²) in [5, 5.41) is 16.0. The number of rotatable bonds is 7. The Morgan fingerprint density at radius 3 is 2.54 bits per heavy atom. The van der Waals surface area contributed by atoms with Crippen LogP contribution in [0.25, 0.3) is 21.8 Å². The number of aromatic nitrogens is 5. The van der Waals surface area contributed by atoms with Gasteiger partial charge < -0.3 is 19.9 Å². The summed E-state index contributed by atoms with van der Waals surface area (Å²) < 4.78 is 50.7. The zero-order valence-electron chi connectivity index (χ0n) is 19.1. The minimum atomic E-state index is -4.70. The van der Waals surface area contributed by atoms with Crippen molar-refractivity contribution in [3.8, 4) is 28.6 Å². The molecule has 11 nitrogen and oxygen atoms in total. The average molecular weight is 511 g/mol. The standard InChI is InChI=1S/C23H16F3N7O4/c1-27-13-7-14(9-15(8-13)36-2)30-22-29-11-17(12-6-16(21(34)35)20(37-3)28-10-12)19(31-22)33-5-4-18(32-33)23(24,25)26/h4-11H,2-3H3,(H,34,35)(H,29,30,31). The third kappa shape index (κ3) is 5.25. The van der Waals surface area contributed by atoms with Crippen molar-refractivity contribution >= 4 is 23.3 Å². The van der Waals surface area contributed by atoms with Gasteiger partial charge in [0.25, 0.3) is 0 Å². The summed E-state index contributed by atoms with van der Waals surface area (Å²) in [6, 6.07) is 6.62. The van der Waals surface area contributed by atoms with Gasteiger partial charge in [-0.05, 0) is 24.3 Å². The molecule has 0 atom stereocenters. The number of aromatic carboxylic acids is 1. The summed E-state index contributed by atoms with van der Waals surface area (Å²) in [4.78, 5) is 27.5. The summed E-state index contributed by atoms with van der Waals surface area (Å²) in [6.07, 6.45) is -1.08. The van der Waals surface area contributed by atoms with Crippen LogP contribution in [0.1, 0.15) is 16.1 Å². The van der Waals surface area contributed by atoms with Crippen molar-refractivity contribution in [3.05, 3.63) is 71.6 Å². The quantitative estimate of drug-likeness (QED) is 0.338. The van der Waals surface area contributed by atoms with Gasteiger partial charge in [-0.3, -0.25) is 0 Å². The van der Waals surface area contributed by atoms with Gasteiger partial charge in [-0.25, -0.2) is 24.3 Å². The van der Waals surface area contributed by atoms with Gasteiger partial charge in [0.05, 0.1) is 20.8 Å². The van der Waals surface area contributed by atoms with Gasteiger partial charge in [0.2, 0.25) is 11.8 Å². The zero-order chi connectivity index (χ0) is 26.7. The van der Waals surface area contributed by atoms with Gasteiger partial charge in [-0.2, -0.15) is 23.3 Å². The third-order valence-corrected chi connectivity index (χ3v) is 4.96. The first-order chi connectivity index (χ1) is 17.6. The molecule has 0 bridgehead atoms. The molecule has 4 aromatic rings. The number of hydrogen-bond donors (Lipinski definition) is 2. The van der Waals surface area contributed by atoms with Gasteiger partial charge in [0.15, 0.2) is 17.2 Å². The lowest BCUT2D eigenvalue weighted by Crippen LogP contribution is -2.10. The molecule has 0 saturated carbocycles. The average Bonchev–Trinajstić information content (AvgIpc) is 3.39. The number of benzene rings is 1. The highest BCUT2D eigenvalue weighted by atomic mass is 19.4. The fourth-order valence-electron chi connectivity index (χ4n) is 3.29. The molecular weight excluding hydrogens is 495 g/mol. The van der Waals surface area contributed by atoms with Crippen LogP contribution in [0.2, 0.25) is 0 Å². The van der Waals surface area contributed by atoms with E-state index in [1.807, 2.05) is 0 Å². The van der Waals surface area contributed by atoms with Crippen LogP contribution in [0.3, 0.4) is 0 Å².